The molecule has 0 bridgehead atoms. The van der Waals surface area contributed by atoms with Gasteiger partial charge in [0.2, 0.25) is 0 Å². The molecule has 0 heterocycles. The van der Waals surface area contributed by atoms with Crippen molar-refractivity contribution in [3.05, 3.63) is 29.3 Å². The van der Waals surface area contributed by atoms with Crippen LogP contribution in [-0.4, -0.2) is 25.0 Å². The highest BCUT2D eigenvalue weighted by Crippen LogP contribution is 2.26. The predicted octanol–water partition coefficient (Wildman–Crippen LogP) is 3.29. The predicted molar refractivity (Wildman–Crippen MR) is 80.9 cm³/mol. The van der Waals surface area contributed by atoms with Gasteiger partial charge in [-0.1, -0.05) is 26.0 Å². The topological polar surface area (TPSA) is 29.5 Å². The number of carbonyl (C=O) groups is 1. The van der Waals surface area contributed by atoms with Crippen LogP contribution in [0.2, 0.25) is 0 Å². The van der Waals surface area contributed by atoms with E-state index in [9.17, 15) is 4.79 Å². The van der Waals surface area contributed by atoms with Crippen LogP contribution in [0.5, 0.6) is 5.75 Å². The zero-order valence-corrected chi connectivity index (χ0v) is 13.2. The van der Waals surface area contributed by atoms with Crippen molar-refractivity contribution in [2.24, 2.45) is 5.92 Å². The molecule has 1 rings (SSSR count). The number of esters is 1. The van der Waals surface area contributed by atoms with Crippen molar-refractivity contribution in [1.29, 1.82) is 0 Å². The van der Waals surface area contributed by atoms with E-state index >= 15 is 0 Å². The number of hydrogen-bond donors (Lipinski definition) is 0. The van der Waals surface area contributed by atoms with Crippen LogP contribution >= 0.6 is 12.4 Å². The van der Waals surface area contributed by atoms with Crippen molar-refractivity contribution in [3.63, 3.8) is 0 Å². The molecule has 1 aromatic carbocycles. The standard InChI is InChI=1S/C15H23NO2.ClH/c1-11(2)9-14-13(10-16(4)5)7-6-8-15(14)18-12(3)17;/h6-8,11H,9-10H2,1-5H3;1H. The van der Waals surface area contributed by atoms with Crippen LogP contribution in [0.1, 0.15) is 31.9 Å². The normalized spacial score (nSPS) is 10.5. The Morgan fingerprint density at radius 3 is 2.42 bits per heavy atom. The summed E-state index contributed by atoms with van der Waals surface area (Å²) in [6.45, 7) is 6.64. The number of nitrogens with zero attached hydrogens (tertiary/aromatic N) is 1. The quantitative estimate of drug-likeness (QED) is 0.614. The Labute approximate surface area is 122 Å². The lowest BCUT2D eigenvalue weighted by molar-refractivity contribution is -0.131. The average molecular weight is 286 g/mol. The van der Waals surface area contributed by atoms with Crippen LogP contribution in [0.25, 0.3) is 0 Å². The second-order valence-corrected chi connectivity index (χ2v) is 5.32. The van der Waals surface area contributed by atoms with E-state index in [0.717, 1.165) is 18.5 Å². The molecule has 0 radical (unpaired) electrons. The zero-order chi connectivity index (χ0) is 13.7. The molecule has 0 N–H and O–H groups in total. The molecule has 108 valence electrons. The summed E-state index contributed by atoms with van der Waals surface area (Å²) in [7, 11) is 4.08. The summed E-state index contributed by atoms with van der Waals surface area (Å²) in [6, 6.07) is 5.92. The third-order valence-electron chi connectivity index (χ3n) is 2.58. The molecule has 0 aliphatic rings. The first-order valence-corrected chi connectivity index (χ1v) is 6.34. The van der Waals surface area contributed by atoms with Gasteiger partial charge in [0.05, 0.1) is 0 Å². The maximum atomic E-state index is 11.2. The van der Waals surface area contributed by atoms with Gasteiger partial charge in [-0.2, -0.15) is 0 Å². The Kier molecular flexibility index (Phi) is 7.72. The Morgan fingerprint density at radius 1 is 1.32 bits per heavy atom. The van der Waals surface area contributed by atoms with E-state index < -0.39 is 0 Å². The third-order valence-corrected chi connectivity index (χ3v) is 2.58. The van der Waals surface area contributed by atoms with E-state index in [2.05, 4.69) is 24.8 Å². The van der Waals surface area contributed by atoms with Gasteiger partial charge >= 0.3 is 5.97 Å². The summed E-state index contributed by atoms with van der Waals surface area (Å²) in [6.07, 6.45) is 0.923. The highest BCUT2D eigenvalue weighted by atomic mass is 35.5. The molecule has 3 nitrogen and oxygen atoms in total. The number of carbonyl (C=O) groups excluding carboxylic acids is 1. The summed E-state index contributed by atoms with van der Waals surface area (Å²) in [5.74, 6) is 0.972. The van der Waals surface area contributed by atoms with E-state index in [4.69, 9.17) is 4.74 Å². The van der Waals surface area contributed by atoms with E-state index in [0.29, 0.717) is 11.7 Å². The molecule has 0 aromatic heterocycles. The lowest BCUT2D eigenvalue weighted by Crippen LogP contribution is -2.14. The molecule has 0 saturated heterocycles. The molecule has 0 fully saturated rings. The van der Waals surface area contributed by atoms with E-state index in [-0.39, 0.29) is 18.4 Å². The van der Waals surface area contributed by atoms with Crippen LogP contribution in [0.3, 0.4) is 0 Å². The summed E-state index contributed by atoms with van der Waals surface area (Å²) < 4.78 is 5.31. The molecule has 1 aromatic rings. The lowest BCUT2D eigenvalue weighted by atomic mass is 9.96. The number of rotatable bonds is 5. The maximum absolute atomic E-state index is 11.2. The lowest BCUT2D eigenvalue weighted by Gasteiger charge is -2.18. The van der Waals surface area contributed by atoms with E-state index in [1.807, 2.05) is 26.2 Å². The Morgan fingerprint density at radius 2 is 1.95 bits per heavy atom. The molecule has 0 atom stereocenters. The summed E-state index contributed by atoms with van der Waals surface area (Å²) in [5.41, 5.74) is 2.38. The van der Waals surface area contributed by atoms with Gasteiger partial charge in [-0.15, -0.1) is 12.4 Å². The van der Waals surface area contributed by atoms with Crippen molar-refractivity contribution < 1.29 is 9.53 Å². The summed E-state index contributed by atoms with van der Waals surface area (Å²) in [4.78, 5) is 13.3. The Hall–Kier alpha value is -1.06. The molecule has 0 aliphatic carbocycles. The highest BCUT2D eigenvalue weighted by molar-refractivity contribution is 5.85. The SMILES string of the molecule is CC(=O)Oc1cccc(CN(C)C)c1CC(C)C.Cl. The first-order valence-electron chi connectivity index (χ1n) is 6.34. The monoisotopic (exact) mass is 285 g/mol. The fraction of sp³-hybridized carbons (Fsp3) is 0.533. The molecule has 0 spiro atoms. The van der Waals surface area contributed by atoms with Crippen molar-refractivity contribution >= 4 is 18.4 Å². The van der Waals surface area contributed by atoms with Gasteiger partial charge in [-0.3, -0.25) is 4.79 Å². The van der Waals surface area contributed by atoms with Gasteiger partial charge in [0.25, 0.3) is 0 Å². The molecule has 19 heavy (non-hydrogen) atoms. The summed E-state index contributed by atoms with van der Waals surface area (Å²) in [5, 5.41) is 0. The van der Waals surface area contributed by atoms with E-state index in [1.165, 1.54) is 12.5 Å². The van der Waals surface area contributed by atoms with Crippen LogP contribution in [0.4, 0.5) is 0 Å². The van der Waals surface area contributed by atoms with Crippen LogP contribution in [0, 0.1) is 5.92 Å². The second-order valence-electron chi connectivity index (χ2n) is 5.32. The molecule has 0 saturated carbocycles. The van der Waals surface area contributed by atoms with Gasteiger partial charge in [-0.05, 0) is 43.6 Å². The van der Waals surface area contributed by atoms with Gasteiger partial charge < -0.3 is 9.64 Å². The van der Waals surface area contributed by atoms with Gasteiger partial charge in [0.15, 0.2) is 0 Å². The minimum absolute atomic E-state index is 0. The van der Waals surface area contributed by atoms with Crippen molar-refractivity contribution in [2.75, 3.05) is 14.1 Å². The molecular formula is C15H24ClNO2. The Bertz CT molecular complexity index is 417. The molecule has 4 heteroatoms. The molecule has 0 amide bonds. The number of ether oxygens (including phenoxy) is 1. The molecule has 0 unspecified atom stereocenters. The van der Waals surface area contributed by atoms with Crippen molar-refractivity contribution in [3.8, 4) is 5.75 Å². The second kappa shape index (κ2) is 8.18. The smallest absolute Gasteiger partial charge is 0.308 e. The number of benzene rings is 1. The number of halogens is 1. The minimum atomic E-state index is -0.262. The zero-order valence-electron chi connectivity index (χ0n) is 12.4. The molecule has 0 aliphatic heterocycles. The first-order chi connectivity index (χ1) is 8.40. The number of hydrogen-bond acceptors (Lipinski definition) is 3. The van der Waals surface area contributed by atoms with Gasteiger partial charge in [0.1, 0.15) is 5.75 Å². The minimum Gasteiger partial charge on any atom is -0.426 e. The van der Waals surface area contributed by atoms with Crippen molar-refractivity contribution in [2.45, 2.75) is 33.7 Å². The third kappa shape index (κ3) is 6.08. The summed E-state index contributed by atoms with van der Waals surface area (Å²) >= 11 is 0. The fourth-order valence-electron chi connectivity index (χ4n) is 1.99. The van der Waals surface area contributed by atoms with Gasteiger partial charge in [0, 0.05) is 13.5 Å². The van der Waals surface area contributed by atoms with Gasteiger partial charge in [-0.25, -0.2) is 0 Å². The maximum Gasteiger partial charge on any atom is 0.308 e. The fourth-order valence-corrected chi connectivity index (χ4v) is 1.99. The molecular weight excluding hydrogens is 262 g/mol. The first kappa shape index (κ1) is 17.9. The van der Waals surface area contributed by atoms with Crippen LogP contribution in [0.15, 0.2) is 18.2 Å². The highest BCUT2D eigenvalue weighted by Gasteiger charge is 2.13. The largest absolute Gasteiger partial charge is 0.426 e. The van der Waals surface area contributed by atoms with Crippen LogP contribution < -0.4 is 4.74 Å². The average Bonchev–Trinajstić information content (AvgIpc) is 2.20. The van der Waals surface area contributed by atoms with Crippen LogP contribution in [-0.2, 0) is 17.8 Å². The Balaban J connectivity index is 0.00000324. The van der Waals surface area contributed by atoms with E-state index in [1.54, 1.807) is 0 Å². The van der Waals surface area contributed by atoms with Crippen molar-refractivity contribution in [1.82, 2.24) is 4.90 Å².